The van der Waals surface area contributed by atoms with Crippen molar-refractivity contribution in [2.24, 2.45) is 5.92 Å². The molecule has 0 atom stereocenters. The summed E-state index contributed by atoms with van der Waals surface area (Å²) in [7, 11) is 1.43. The molecule has 0 unspecified atom stereocenters. The summed E-state index contributed by atoms with van der Waals surface area (Å²) in [5.74, 6) is -2.13. The molecule has 0 aromatic heterocycles. The number of carbonyl (C=O) groups excluding carboxylic acids is 1. The van der Waals surface area contributed by atoms with Crippen LogP contribution in [0.25, 0.3) is 0 Å². The molecular weight excluding hydrogens is 262 g/mol. The number of halogens is 4. The Balaban J connectivity index is 3.12. The van der Waals surface area contributed by atoms with Crippen LogP contribution < -0.4 is 0 Å². The van der Waals surface area contributed by atoms with Gasteiger partial charge in [-0.2, -0.15) is 13.2 Å². The Morgan fingerprint density at radius 2 is 1.89 bits per heavy atom. The lowest BCUT2D eigenvalue weighted by molar-refractivity contribution is -0.140. The largest absolute Gasteiger partial charge is 0.419 e. The van der Waals surface area contributed by atoms with E-state index in [0.717, 1.165) is 12.1 Å². The minimum Gasteiger partial charge on any atom is -0.341 e. The molecule has 1 aromatic carbocycles. The Morgan fingerprint density at radius 3 is 2.37 bits per heavy atom. The van der Waals surface area contributed by atoms with E-state index in [0.29, 0.717) is 12.6 Å². The lowest BCUT2D eigenvalue weighted by Gasteiger charge is -2.20. The summed E-state index contributed by atoms with van der Waals surface area (Å²) in [6.45, 7) is 4.05. The molecule has 6 heteroatoms. The van der Waals surface area contributed by atoms with E-state index in [9.17, 15) is 22.4 Å². The molecule has 0 fully saturated rings. The maximum Gasteiger partial charge on any atom is 0.419 e. The third-order valence-electron chi connectivity index (χ3n) is 2.52. The molecule has 0 radical (unpaired) electrons. The molecule has 2 nitrogen and oxygen atoms in total. The lowest BCUT2D eigenvalue weighted by Crippen LogP contribution is -2.31. The molecule has 0 aliphatic rings. The van der Waals surface area contributed by atoms with Gasteiger partial charge < -0.3 is 4.90 Å². The van der Waals surface area contributed by atoms with Crippen LogP contribution in [-0.2, 0) is 6.18 Å². The third kappa shape index (κ3) is 3.68. The van der Waals surface area contributed by atoms with Gasteiger partial charge >= 0.3 is 6.18 Å². The molecule has 0 heterocycles. The van der Waals surface area contributed by atoms with E-state index in [1.807, 2.05) is 13.8 Å². The van der Waals surface area contributed by atoms with Crippen LogP contribution in [0.2, 0.25) is 0 Å². The van der Waals surface area contributed by atoms with Crippen LogP contribution in [0.15, 0.2) is 18.2 Å². The molecule has 0 aliphatic carbocycles. The van der Waals surface area contributed by atoms with Gasteiger partial charge in [-0.1, -0.05) is 19.9 Å². The van der Waals surface area contributed by atoms with E-state index in [1.165, 1.54) is 11.9 Å². The predicted octanol–water partition coefficient (Wildman–Crippen LogP) is 3.57. The smallest absolute Gasteiger partial charge is 0.341 e. The molecule has 1 aromatic rings. The average Bonchev–Trinajstić information content (AvgIpc) is 2.25. The van der Waals surface area contributed by atoms with E-state index >= 15 is 0 Å². The van der Waals surface area contributed by atoms with Crippen LogP contribution in [0.4, 0.5) is 17.6 Å². The first kappa shape index (κ1) is 15.5. The van der Waals surface area contributed by atoms with Gasteiger partial charge in [-0.3, -0.25) is 4.79 Å². The molecule has 106 valence electrons. The second-order valence-corrected chi connectivity index (χ2v) is 4.74. The number of rotatable bonds is 3. The number of alkyl halides is 3. The highest BCUT2D eigenvalue weighted by Gasteiger charge is 2.36. The molecule has 0 saturated heterocycles. The number of nitrogens with zero attached hydrogens (tertiary/aromatic N) is 1. The molecule has 0 saturated carbocycles. The first-order chi connectivity index (χ1) is 8.64. The summed E-state index contributed by atoms with van der Waals surface area (Å²) in [6, 6.07) is 2.71. The highest BCUT2D eigenvalue weighted by atomic mass is 19.4. The van der Waals surface area contributed by atoms with Gasteiger partial charge in [0, 0.05) is 13.6 Å². The molecule has 0 aliphatic heterocycles. The fourth-order valence-corrected chi connectivity index (χ4v) is 1.75. The zero-order valence-electron chi connectivity index (χ0n) is 10.9. The van der Waals surface area contributed by atoms with Crippen LogP contribution in [0, 0.1) is 11.7 Å². The van der Waals surface area contributed by atoms with Crippen LogP contribution >= 0.6 is 0 Å². The van der Waals surface area contributed by atoms with Gasteiger partial charge in [0.25, 0.3) is 5.91 Å². The Hall–Kier alpha value is -1.59. The quantitative estimate of drug-likeness (QED) is 0.773. The van der Waals surface area contributed by atoms with E-state index in [-0.39, 0.29) is 5.92 Å². The van der Waals surface area contributed by atoms with Crippen LogP contribution in [0.3, 0.4) is 0 Å². The maximum atomic E-state index is 13.7. The van der Waals surface area contributed by atoms with Crippen molar-refractivity contribution in [1.82, 2.24) is 4.90 Å². The molecule has 19 heavy (non-hydrogen) atoms. The summed E-state index contributed by atoms with van der Waals surface area (Å²) in [5.41, 5.74) is -1.98. The minimum atomic E-state index is -4.81. The van der Waals surface area contributed by atoms with Crippen molar-refractivity contribution in [2.75, 3.05) is 13.6 Å². The first-order valence-electron chi connectivity index (χ1n) is 5.75. The van der Waals surface area contributed by atoms with Crippen molar-refractivity contribution >= 4 is 5.91 Å². The highest BCUT2D eigenvalue weighted by molar-refractivity contribution is 5.94. The summed E-state index contributed by atoms with van der Waals surface area (Å²) in [4.78, 5) is 13.1. The van der Waals surface area contributed by atoms with Crippen molar-refractivity contribution in [1.29, 1.82) is 0 Å². The van der Waals surface area contributed by atoms with E-state index in [2.05, 4.69) is 0 Å². The van der Waals surface area contributed by atoms with Gasteiger partial charge in [-0.15, -0.1) is 0 Å². The Morgan fingerprint density at radius 1 is 1.32 bits per heavy atom. The number of benzene rings is 1. The zero-order chi connectivity index (χ0) is 14.8. The highest BCUT2D eigenvalue weighted by Crippen LogP contribution is 2.32. The Bertz CT molecular complexity index is 468. The third-order valence-corrected chi connectivity index (χ3v) is 2.52. The van der Waals surface area contributed by atoms with E-state index in [4.69, 9.17) is 0 Å². The predicted molar refractivity (Wildman–Crippen MR) is 63.2 cm³/mol. The minimum absolute atomic E-state index is 0.141. The number of hydrogen-bond acceptors (Lipinski definition) is 1. The van der Waals surface area contributed by atoms with Crippen molar-refractivity contribution in [2.45, 2.75) is 20.0 Å². The fourth-order valence-electron chi connectivity index (χ4n) is 1.75. The van der Waals surface area contributed by atoms with Crippen molar-refractivity contribution in [3.63, 3.8) is 0 Å². The van der Waals surface area contributed by atoms with Crippen molar-refractivity contribution < 1.29 is 22.4 Å². The Labute approximate surface area is 109 Å². The second kappa shape index (κ2) is 5.59. The van der Waals surface area contributed by atoms with Crippen molar-refractivity contribution in [3.05, 3.63) is 35.1 Å². The molecule has 0 spiro atoms. The van der Waals surface area contributed by atoms with Gasteiger partial charge in [0.1, 0.15) is 5.82 Å². The van der Waals surface area contributed by atoms with Gasteiger partial charge in [-0.05, 0) is 18.1 Å². The van der Waals surface area contributed by atoms with Gasteiger partial charge in [0.15, 0.2) is 0 Å². The van der Waals surface area contributed by atoms with Crippen LogP contribution in [0.1, 0.15) is 29.8 Å². The summed E-state index contributed by atoms with van der Waals surface area (Å²) in [6.07, 6.45) is -4.81. The maximum absolute atomic E-state index is 13.7. The van der Waals surface area contributed by atoms with E-state index < -0.39 is 29.0 Å². The number of carbonyl (C=O) groups is 1. The first-order valence-corrected chi connectivity index (χ1v) is 5.75. The van der Waals surface area contributed by atoms with E-state index in [1.54, 1.807) is 0 Å². The number of hydrogen-bond donors (Lipinski definition) is 0. The van der Waals surface area contributed by atoms with Gasteiger partial charge in [0.05, 0.1) is 11.1 Å². The topological polar surface area (TPSA) is 20.3 Å². The molecule has 0 bridgehead atoms. The SMILES string of the molecule is CC(C)CN(C)C(=O)c1cccc(C(F)(F)F)c1F. The number of amides is 1. The van der Waals surface area contributed by atoms with Gasteiger partial charge in [-0.25, -0.2) is 4.39 Å². The standard InChI is InChI=1S/C13H15F4NO/c1-8(2)7-18(3)12(19)9-5-4-6-10(11(9)14)13(15,16)17/h4-6,8H,7H2,1-3H3. The van der Waals surface area contributed by atoms with Gasteiger partial charge in [0.2, 0.25) is 0 Å². The molecule has 1 amide bonds. The summed E-state index contributed by atoms with van der Waals surface area (Å²) >= 11 is 0. The van der Waals surface area contributed by atoms with Crippen LogP contribution in [0.5, 0.6) is 0 Å². The average molecular weight is 277 g/mol. The normalized spacial score (nSPS) is 11.8. The zero-order valence-corrected chi connectivity index (χ0v) is 10.9. The summed E-state index contributed by atoms with van der Waals surface area (Å²) < 4.78 is 51.4. The lowest BCUT2D eigenvalue weighted by atomic mass is 10.1. The molecule has 0 N–H and O–H groups in total. The summed E-state index contributed by atoms with van der Waals surface area (Å²) in [5, 5.41) is 0. The monoisotopic (exact) mass is 277 g/mol. The van der Waals surface area contributed by atoms with Crippen LogP contribution in [-0.4, -0.2) is 24.4 Å². The second-order valence-electron chi connectivity index (χ2n) is 4.74. The Kier molecular flexibility index (Phi) is 4.55. The fraction of sp³-hybridized carbons (Fsp3) is 0.462. The molecular formula is C13H15F4NO. The van der Waals surface area contributed by atoms with Crippen molar-refractivity contribution in [3.8, 4) is 0 Å². The molecule has 1 rings (SSSR count).